The van der Waals surface area contributed by atoms with E-state index in [0.717, 1.165) is 29.2 Å². The summed E-state index contributed by atoms with van der Waals surface area (Å²) in [4.78, 5) is 17.5. The number of hydrogen-bond acceptors (Lipinski definition) is 7. The predicted molar refractivity (Wildman–Crippen MR) is 114 cm³/mol. The van der Waals surface area contributed by atoms with Gasteiger partial charge in [-0.05, 0) is 50.6 Å². The predicted octanol–water partition coefficient (Wildman–Crippen LogP) is 4.42. The fourth-order valence-corrected chi connectivity index (χ4v) is 3.69. The third kappa shape index (κ3) is 4.75. The summed E-state index contributed by atoms with van der Waals surface area (Å²) in [6.07, 6.45) is 0.736. The number of ether oxygens (including phenoxy) is 2. The molecule has 156 valence electrons. The number of hydrogen-bond donors (Lipinski definition) is 1. The molecule has 0 fully saturated rings. The number of nitrogens with zero attached hydrogens (tertiary/aromatic N) is 3. The lowest BCUT2D eigenvalue weighted by atomic mass is 9.95. The van der Waals surface area contributed by atoms with Gasteiger partial charge in [-0.15, -0.1) is 5.10 Å². The summed E-state index contributed by atoms with van der Waals surface area (Å²) in [5.74, 6) is 1.94. The molecule has 1 aliphatic heterocycles. The number of aromatic nitrogens is 3. The molecule has 0 aliphatic carbocycles. The average Bonchev–Trinajstić information content (AvgIpc) is 3.07. The van der Waals surface area contributed by atoms with Gasteiger partial charge in [-0.3, -0.25) is 0 Å². The van der Waals surface area contributed by atoms with Crippen molar-refractivity contribution >= 4 is 23.7 Å². The maximum atomic E-state index is 12.9. The summed E-state index contributed by atoms with van der Waals surface area (Å²) >= 11 is 1.56. The van der Waals surface area contributed by atoms with Gasteiger partial charge in [0.1, 0.15) is 11.8 Å². The molecule has 2 aromatic rings. The van der Waals surface area contributed by atoms with Crippen molar-refractivity contribution in [3.63, 3.8) is 0 Å². The van der Waals surface area contributed by atoms with Gasteiger partial charge in [-0.25, -0.2) is 9.48 Å². The zero-order valence-corrected chi connectivity index (χ0v) is 18.4. The summed E-state index contributed by atoms with van der Waals surface area (Å²) < 4.78 is 13.0. The van der Waals surface area contributed by atoms with Crippen molar-refractivity contribution < 1.29 is 14.3 Å². The molecule has 3 rings (SSSR count). The minimum atomic E-state index is -0.420. The molecule has 1 aromatic carbocycles. The van der Waals surface area contributed by atoms with E-state index in [1.165, 1.54) is 0 Å². The summed E-state index contributed by atoms with van der Waals surface area (Å²) in [7, 11) is 0. The van der Waals surface area contributed by atoms with Crippen molar-refractivity contribution in [2.75, 3.05) is 17.7 Å². The number of carbonyl (C=O) groups excluding carboxylic acids is 1. The molecule has 1 atom stereocenters. The van der Waals surface area contributed by atoms with Crippen LogP contribution >= 0.6 is 11.8 Å². The van der Waals surface area contributed by atoms with Crippen LogP contribution in [0.5, 0.6) is 5.75 Å². The normalized spacial score (nSPS) is 15.9. The summed E-state index contributed by atoms with van der Waals surface area (Å²) in [5, 5.41) is 8.54. The first kappa shape index (κ1) is 21.2. The first-order valence-corrected chi connectivity index (χ1v) is 10.9. The van der Waals surface area contributed by atoms with Crippen molar-refractivity contribution in [1.82, 2.24) is 14.8 Å². The number of benzene rings is 1. The number of rotatable bonds is 8. The molecule has 1 unspecified atom stereocenters. The van der Waals surface area contributed by atoms with Crippen LogP contribution in [0.3, 0.4) is 0 Å². The van der Waals surface area contributed by atoms with Crippen molar-refractivity contribution in [3.05, 3.63) is 41.1 Å². The number of nitrogens with one attached hydrogen (secondary N) is 1. The SMILES string of the molecule is CCCOc1ccc(C2C(C(=O)OC(C)C)=C(C)Nc3nc(SCC)nn32)cc1. The van der Waals surface area contributed by atoms with Gasteiger partial charge in [-0.1, -0.05) is 37.7 Å². The highest BCUT2D eigenvalue weighted by molar-refractivity contribution is 7.99. The lowest BCUT2D eigenvalue weighted by Crippen LogP contribution is -2.30. The molecule has 0 spiro atoms. The molecule has 0 saturated heterocycles. The average molecular weight is 417 g/mol. The van der Waals surface area contributed by atoms with E-state index in [1.54, 1.807) is 16.4 Å². The largest absolute Gasteiger partial charge is 0.494 e. The van der Waals surface area contributed by atoms with Crippen molar-refractivity contribution in [2.45, 2.75) is 58.3 Å². The number of fused-ring (bicyclic) bond motifs is 1. The molecule has 1 aromatic heterocycles. The van der Waals surface area contributed by atoms with Gasteiger partial charge < -0.3 is 14.8 Å². The lowest BCUT2D eigenvalue weighted by molar-refractivity contribution is -0.143. The molecule has 1 aliphatic rings. The molecule has 0 bridgehead atoms. The van der Waals surface area contributed by atoms with Crippen LogP contribution in [-0.2, 0) is 9.53 Å². The minimum absolute atomic E-state index is 0.211. The van der Waals surface area contributed by atoms with E-state index in [2.05, 4.69) is 29.2 Å². The number of allylic oxidation sites excluding steroid dienone is 1. The van der Waals surface area contributed by atoms with Crippen molar-refractivity contribution in [1.29, 1.82) is 0 Å². The quantitative estimate of drug-likeness (QED) is 0.504. The van der Waals surface area contributed by atoms with Crippen molar-refractivity contribution in [2.24, 2.45) is 0 Å². The van der Waals surface area contributed by atoms with E-state index in [-0.39, 0.29) is 12.1 Å². The molecule has 7 nitrogen and oxygen atoms in total. The Balaban J connectivity index is 2.03. The number of anilines is 1. The number of carbonyl (C=O) groups is 1. The lowest BCUT2D eigenvalue weighted by Gasteiger charge is -2.28. The Morgan fingerprint density at radius 3 is 2.62 bits per heavy atom. The molecule has 2 heterocycles. The Morgan fingerprint density at radius 1 is 1.28 bits per heavy atom. The first-order valence-electron chi connectivity index (χ1n) is 9.95. The fraction of sp³-hybridized carbons (Fsp3) is 0.476. The Bertz CT molecular complexity index is 890. The smallest absolute Gasteiger partial charge is 0.338 e. The highest BCUT2D eigenvalue weighted by atomic mass is 32.2. The third-order valence-corrected chi connectivity index (χ3v) is 5.06. The molecule has 0 radical (unpaired) electrons. The summed E-state index contributed by atoms with van der Waals surface area (Å²) in [6, 6.07) is 7.36. The highest BCUT2D eigenvalue weighted by Gasteiger charge is 2.35. The van der Waals surface area contributed by atoms with Crippen LogP contribution < -0.4 is 10.1 Å². The van der Waals surface area contributed by atoms with Gasteiger partial charge in [0.05, 0.1) is 18.3 Å². The van der Waals surface area contributed by atoms with Gasteiger partial charge in [0, 0.05) is 5.70 Å². The van der Waals surface area contributed by atoms with Crippen LogP contribution in [0.15, 0.2) is 40.7 Å². The Labute approximate surface area is 175 Å². The Kier molecular flexibility index (Phi) is 6.84. The highest BCUT2D eigenvalue weighted by Crippen LogP contribution is 2.37. The Morgan fingerprint density at radius 2 is 2.00 bits per heavy atom. The maximum absolute atomic E-state index is 12.9. The van der Waals surface area contributed by atoms with E-state index >= 15 is 0 Å². The summed E-state index contributed by atoms with van der Waals surface area (Å²) in [6.45, 7) is 10.4. The second kappa shape index (κ2) is 9.35. The van der Waals surface area contributed by atoms with Crippen LogP contribution in [0.2, 0.25) is 0 Å². The monoisotopic (exact) mass is 416 g/mol. The van der Waals surface area contributed by atoms with E-state index in [0.29, 0.717) is 23.3 Å². The van der Waals surface area contributed by atoms with E-state index < -0.39 is 6.04 Å². The van der Waals surface area contributed by atoms with E-state index in [4.69, 9.17) is 9.47 Å². The summed E-state index contributed by atoms with van der Waals surface area (Å²) in [5.41, 5.74) is 2.18. The molecule has 0 amide bonds. The number of esters is 1. The maximum Gasteiger partial charge on any atom is 0.338 e. The molecule has 1 N–H and O–H groups in total. The van der Waals surface area contributed by atoms with E-state index in [9.17, 15) is 4.79 Å². The van der Waals surface area contributed by atoms with Gasteiger partial charge in [0.15, 0.2) is 0 Å². The van der Waals surface area contributed by atoms with Crippen LogP contribution in [0.25, 0.3) is 0 Å². The second-order valence-electron chi connectivity index (χ2n) is 7.03. The minimum Gasteiger partial charge on any atom is -0.494 e. The number of thioether (sulfide) groups is 1. The molecular formula is C21H28N4O3S. The van der Waals surface area contributed by atoms with E-state index in [1.807, 2.05) is 45.0 Å². The fourth-order valence-electron chi connectivity index (χ4n) is 3.14. The van der Waals surface area contributed by atoms with Crippen LogP contribution in [0.4, 0.5) is 5.95 Å². The zero-order chi connectivity index (χ0) is 21.0. The molecule has 0 saturated carbocycles. The second-order valence-corrected chi connectivity index (χ2v) is 8.26. The third-order valence-electron chi connectivity index (χ3n) is 4.34. The van der Waals surface area contributed by atoms with Gasteiger partial charge in [-0.2, -0.15) is 4.98 Å². The van der Waals surface area contributed by atoms with Crippen LogP contribution in [0, 0.1) is 0 Å². The van der Waals surface area contributed by atoms with Crippen LogP contribution in [-0.4, -0.2) is 39.2 Å². The topological polar surface area (TPSA) is 78.3 Å². The van der Waals surface area contributed by atoms with Gasteiger partial charge in [0.25, 0.3) is 0 Å². The zero-order valence-electron chi connectivity index (χ0n) is 17.6. The van der Waals surface area contributed by atoms with Crippen molar-refractivity contribution in [3.8, 4) is 5.75 Å². The van der Waals surface area contributed by atoms with Gasteiger partial charge in [0.2, 0.25) is 11.1 Å². The molecule has 8 heteroatoms. The molecular weight excluding hydrogens is 388 g/mol. The molecule has 29 heavy (non-hydrogen) atoms. The standard InChI is InChI=1S/C21H28N4O3S/c1-6-12-27-16-10-8-15(9-11-16)18-17(19(26)28-13(3)4)14(5)22-20-23-21(29-7-2)24-25(18)20/h8-11,13,18H,6-7,12H2,1-5H3,(H,22,23,24). The van der Waals surface area contributed by atoms with Crippen LogP contribution in [0.1, 0.15) is 52.6 Å². The first-order chi connectivity index (χ1) is 13.9. The Hall–Kier alpha value is -2.48. The van der Waals surface area contributed by atoms with Gasteiger partial charge >= 0.3 is 5.97 Å².